The summed E-state index contributed by atoms with van der Waals surface area (Å²) in [6, 6.07) is 8.98. The van der Waals surface area contributed by atoms with Crippen molar-refractivity contribution in [2.24, 2.45) is 10.3 Å². The number of hydrogen-bond donors (Lipinski definition) is 0. The van der Waals surface area contributed by atoms with Crippen molar-refractivity contribution in [1.29, 1.82) is 0 Å². The van der Waals surface area contributed by atoms with Crippen molar-refractivity contribution in [2.75, 3.05) is 33.8 Å². The Labute approximate surface area is 341 Å². The lowest BCUT2D eigenvalue weighted by Crippen LogP contribution is -2.49. The summed E-state index contributed by atoms with van der Waals surface area (Å²) in [7, 11) is -6.72. The molecule has 0 spiro atoms. The number of nitrogens with zero attached hydrogens (tertiary/aromatic N) is 4. The van der Waals surface area contributed by atoms with Crippen LogP contribution in [-0.2, 0) is 51.7 Å². The molecule has 0 bridgehead atoms. The van der Waals surface area contributed by atoms with Crippen LogP contribution in [0, 0.1) is 23.3 Å². The number of pyridine rings is 2. The van der Waals surface area contributed by atoms with Crippen LogP contribution in [0.1, 0.15) is 26.7 Å². The first-order valence-corrected chi connectivity index (χ1v) is 21.4. The van der Waals surface area contributed by atoms with E-state index in [2.05, 4.69) is 10.3 Å². The van der Waals surface area contributed by atoms with Gasteiger partial charge in [-0.25, -0.2) is 34.4 Å². The number of rotatable bonds is 16. The van der Waals surface area contributed by atoms with Crippen LogP contribution in [0.3, 0.4) is 0 Å². The van der Waals surface area contributed by atoms with Gasteiger partial charge in [-0.05, 0) is 51.0 Å². The molecule has 0 saturated heterocycles. The Balaban J connectivity index is 1.34. The zero-order valence-electron chi connectivity index (χ0n) is 33.2. The van der Waals surface area contributed by atoms with Crippen LogP contribution < -0.4 is 20.6 Å². The molecule has 23 heteroatoms. The quantitative estimate of drug-likeness (QED) is 0.0510. The van der Waals surface area contributed by atoms with Crippen molar-refractivity contribution in [3.63, 3.8) is 0 Å². The SMILES string of the molecule is CO/N=C(\OB1ON=C(C(C)(CCn2cc(F)c(-c3ccc(OC)cc3F)cc2=O)S(C)(=O)=O)O1)C(C)(CCn1cc(F)c(-c2ccc(OC)cc2F)cc1=O)S(C)(=O)=O. The zero-order valence-corrected chi connectivity index (χ0v) is 34.8. The molecule has 2 unspecified atom stereocenters. The minimum atomic E-state index is -4.26. The molecule has 60 heavy (non-hydrogen) atoms. The van der Waals surface area contributed by atoms with Gasteiger partial charge in [0.05, 0.1) is 14.2 Å². The highest BCUT2D eigenvalue weighted by Crippen LogP contribution is 2.32. The number of halogens is 4. The van der Waals surface area contributed by atoms with Gasteiger partial charge >= 0.3 is 7.32 Å². The number of sulfone groups is 2. The summed E-state index contributed by atoms with van der Waals surface area (Å²) in [6.07, 6.45) is 2.29. The lowest BCUT2D eigenvalue weighted by atomic mass is 10.0. The molecule has 1 aliphatic rings. The highest BCUT2D eigenvalue weighted by Gasteiger charge is 2.53. The number of benzene rings is 2. The molecule has 0 saturated carbocycles. The van der Waals surface area contributed by atoms with Gasteiger partial charge < -0.3 is 37.5 Å². The van der Waals surface area contributed by atoms with E-state index in [0.717, 1.165) is 72.3 Å². The molecule has 322 valence electrons. The number of aryl methyl sites for hydroxylation is 2. The topological polar surface area (TPSA) is 192 Å². The van der Waals surface area contributed by atoms with Crippen LogP contribution in [-0.4, -0.2) is 88.4 Å². The van der Waals surface area contributed by atoms with E-state index in [1.165, 1.54) is 45.4 Å². The molecule has 2 aromatic carbocycles. The van der Waals surface area contributed by atoms with Crippen LogP contribution in [0.4, 0.5) is 17.6 Å². The Morgan fingerprint density at radius 3 is 1.63 bits per heavy atom. The van der Waals surface area contributed by atoms with Crippen molar-refractivity contribution in [2.45, 2.75) is 49.3 Å². The standard InChI is InChI=1S/C37H39BF4N4O12S2/c1-36(59(6,49)50,12-14-45-20-30(41)26(18-32(45)47)24-10-8-22(53-3)16-28(24)39)34(43-55-5)56-38-57-35(44-58-38)37(2,60(7,51)52)13-15-46-21-31(42)27(19-33(46)48)25-11-9-23(54-4)17-29(25)40/h8-11,16-21H,12-15H2,1-7H3/b43-34-. The first kappa shape index (κ1) is 45.3. The highest BCUT2D eigenvalue weighted by molar-refractivity contribution is 7.93. The van der Waals surface area contributed by atoms with E-state index in [0.29, 0.717) is 0 Å². The van der Waals surface area contributed by atoms with Gasteiger partial charge in [-0.3, -0.25) is 9.59 Å². The lowest BCUT2D eigenvalue weighted by molar-refractivity contribution is 0.187. The van der Waals surface area contributed by atoms with Gasteiger partial charge in [-0.2, -0.15) is 0 Å². The molecule has 0 amide bonds. The highest BCUT2D eigenvalue weighted by atomic mass is 32.2. The van der Waals surface area contributed by atoms with E-state index in [4.69, 9.17) is 28.4 Å². The lowest BCUT2D eigenvalue weighted by Gasteiger charge is -2.29. The smallest absolute Gasteiger partial charge is 0.497 e. The maximum absolute atomic E-state index is 15.3. The second-order valence-corrected chi connectivity index (χ2v) is 18.8. The fraction of sp³-hybridized carbons (Fsp3) is 0.351. The molecule has 1 aliphatic heterocycles. The molecule has 5 rings (SSSR count). The summed E-state index contributed by atoms with van der Waals surface area (Å²) in [6.45, 7) is 1.47. The molecule has 0 aliphatic carbocycles. The number of oxime groups is 2. The van der Waals surface area contributed by atoms with Crippen LogP contribution in [0.2, 0.25) is 0 Å². The minimum Gasteiger partial charge on any atom is -0.497 e. The van der Waals surface area contributed by atoms with Gasteiger partial charge in [0.25, 0.3) is 11.1 Å². The Bertz CT molecular complexity index is 2710. The maximum atomic E-state index is 15.3. The molecule has 4 aromatic rings. The number of ether oxygens (including phenoxy) is 2. The summed E-state index contributed by atoms with van der Waals surface area (Å²) in [4.78, 5) is 31.0. The average molecular weight is 883 g/mol. The van der Waals surface area contributed by atoms with E-state index in [1.54, 1.807) is 0 Å². The Hall–Kier alpha value is -5.84. The van der Waals surface area contributed by atoms with E-state index >= 15 is 8.78 Å². The third-order valence-electron chi connectivity index (χ3n) is 10.1. The van der Waals surface area contributed by atoms with Gasteiger partial charge in [-0.1, -0.05) is 10.3 Å². The van der Waals surface area contributed by atoms with Crippen molar-refractivity contribution >= 4 is 38.8 Å². The maximum Gasteiger partial charge on any atom is 0.888 e. The summed E-state index contributed by atoms with van der Waals surface area (Å²) in [5.74, 6) is -4.63. The van der Waals surface area contributed by atoms with Crippen LogP contribution in [0.5, 0.6) is 11.5 Å². The van der Waals surface area contributed by atoms with Gasteiger partial charge in [0, 0.05) is 84.5 Å². The van der Waals surface area contributed by atoms with Crippen molar-refractivity contribution < 1.29 is 62.8 Å². The molecule has 2 aromatic heterocycles. The number of methoxy groups -OCH3 is 2. The monoisotopic (exact) mass is 882 g/mol. The van der Waals surface area contributed by atoms with Gasteiger partial charge in [-0.15, -0.1) is 0 Å². The largest absolute Gasteiger partial charge is 0.888 e. The molecule has 0 N–H and O–H groups in total. The Morgan fingerprint density at radius 2 is 1.22 bits per heavy atom. The summed E-state index contributed by atoms with van der Waals surface area (Å²) < 4.78 is 137. The first-order valence-electron chi connectivity index (χ1n) is 17.6. The van der Waals surface area contributed by atoms with E-state index < -0.39 is 109 Å². The Morgan fingerprint density at radius 1 is 0.733 bits per heavy atom. The van der Waals surface area contributed by atoms with Crippen LogP contribution >= 0.6 is 0 Å². The minimum absolute atomic E-state index is 0.168. The molecule has 3 heterocycles. The fourth-order valence-corrected chi connectivity index (χ4v) is 7.74. The van der Waals surface area contributed by atoms with Crippen molar-refractivity contribution in [3.8, 4) is 33.8 Å². The molecule has 0 radical (unpaired) electrons. The third kappa shape index (κ3) is 9.15. The van der Waals surface area contributed by atoms with Gasteiger partial charge in [0.2, 0.25) is 11.8 Å². The van der Waals surface area contributed by atoms with Crippen molar-refractivity contribution in [1.82, 2.24) is 9.13 Å². The molecule has 2 atom stereocenters. The number of hydrogen-bond acceptors (Lipinski definition) is 14. The Kier molecular flexibility index (Phi) is 13.1. The average Bonchev–Trinajstić information content (AvgIpc) is 3.66. The first-order chi connectivity index (χ1) is 28.1. The summed E-state index contributed by atoms with van der Waals surface area (Å²) in [5.41, 5.74) is -2.72. The van der Waals surface area contributed by atoms with E-state index in [-0.39, 0.29) is 33.8 Å². The molecular formula is C37H39BF4N4O12S2. The zero-order chi connectivity index (χ0) is 44.4. The third-order valence-corrected chi connectivity index (χ3v) is 14.1. The van der Waals surface area contributed by atoms with Crippen LogP contribution in [0.15, 0.2) is 80.8 Å². The second-order valence-electron chi connectivity index (χ2n) is 13.9. The number of aromatic nitrogens is 2. The van der Waals surface area contributed by atoms with Crippen LogP contribution in [0.25, 0.3) is 22.3 Å². The normalized spacial score (nSPS) is 15.3. The molecule has 0 fully saturated rings. The van der Waals surface area contributed by atoms with E-state index in [9.17, 15) is 35.2 Å². The van der Waals surface area contributed by atoms with Gasteiger partial charge in [0.1, 0.15) is 51.4 Å². The molecule has 16 nitrogen and oxygen atoms in total. The predicted octanol–water partition coefficient (Wildman–Crippen LogP) is 4.33. The summed E-state index contributed by atoms with van der Waals surface area (Å²) >= 11 is 0. The van der Waals surface area contributed by atoms with Crippen molar-refractivity contribution in [3.05, 3.63) is 105 Å². The fourth-order valence-electron chi connectivity index (χ4n) is 6.01. The second kappa shape index (κ2) is 17.4. The predicted molar refractivity (Wildman–Crippen MR) is 212 cm³/mol. The van der Waals surface area contributed by atoms with Gasteiger partial charge in [0.15, 0.2) is 19.7 Å². The summed E-state index contributed by atoms with van der Waals surface area (Å²) in [5, 5.41) is 7.42. The molecular weight excluding hydrogens is 843 g/mol. The van der Waals surface area contributed by atoms with E-state index in [1.807, 2.05) is 0 Å².